The van der Waals surface area contributed by atoms with Crippen molar-refractivity contribution >= 4 is 21.0 Å². The van der Waals surface area contributed by atoms with Gasteiger partial charge in [-0.15, -0.1) is 0 Å². The van der Waals surface area contributed by atoms with Crippen LogP contribution in [0, 0.1) is 0 Å². The molecule has 0 fully saturated rings. The Hall–Kier alpha value is -0.100. The molecule has 1 rings (SSSR count). The van der Waals surface area contributed by atoms with Gasteiger partial charge in [0, 0.05) is 11.6 Å². The number of halogens is 1. The highest BCUT2D eigenvalue weighted by Gasteiger charge is 1.98. The van der Waals surface area contributed by atoms with Crippen LogP contribution in [0.15, 0.2) is 24.3 Å². The van der Waals surface area contributed by atoms with Gasteiger partial charge in [-0.3, -0.25) is 4.67 Å². The van der Waals surface area contributed by atoms with Crippen molar-refractivity contribution in [2.75, 3.05) is 7.05 Å². The Morgan fingerprint density at radius 2 is 2.09 bits per heavy atom. The van der Waals surface area contributed by atoms with Gasteiger partial charge in [0.05, 0.1) is 0 Å². The number of benzene rings is 1. The number of nitrogens with zero attached hydrogens (tertiary/aromatic N) is 1. The van der Waals surface area contributed by atoms with Crippen molar-refractivity contribution in [3.63, 3.8) is 0 Å². The Labute approximate surface area is 74.6 Å². The largest absolute Gasteiger partial charge is 0.286 e. The van der Waals surface area contributed by atoms with Crippen LogP contribution in [-0.4, -0.2) is 11.7 Å². The van der Waals surface area contributed by atoms with E-state index in [4.69, 9.17) is 11.6 Å². The third-order valence-corrected chi connectivity index (χ3v) is 1.93. The SMILES string of the molecule is CN(P)Cc1ccccc1Cl. The zero-order valence-corrected chi connectivity index (χ0v) is 8.33. The third-order valence-electron chi connectivity index (χ3n) is 1.38. The van der Waals surface area contributed by atoms with E-state index in [1.165, 1.54) is 0 Å². The van der Waals surface area contributed by atoms with Crippen LogP contribution in [0.4, 0.5) is 0 Å². The van der Waals surface area contributed by atoms with Crippen LogP contribution in [0.5, 0.6) is 0 Å². The van der Waals surface area contributed by atoms with Crippen molar-refractivity contribution in [3.05, 3.63) is 34.9 Å². The highest BCUT2D eigenvalue weighted by atomic mass is 35.5. The average molecular weight is 188 g/mol. The van der Waals surface area contributed by atoms with Gasteiger partial charge in [-0.25, -0.2) is 0 Å². The molecule has 0 bridgehead atoms. The van der Waals surface area contributed by atoms with Crippen molar-refractivity contribution in [1.29, 1.82) is 0 Å². The first-order chi connectivity index (χ1) is 5.20. The summed E-state index contributed by atoms with van der Waals surface area (Å²) < 4.78 is 2.02. The maximum absolute atomic E-state index is 5.93. The van der Waals surface area contributed by atoms with Gasteiger partial charge in [-0.2, -0.15) is 0 Å². The van der Waals surface area contributed by atoms with Crippen molar-refractivity contribution in [2.45, 2.75) is 6.54 Å². The standard InChI is InChI=1S/C8H11ClNP/c1-10(11)6-7-4-2-3-5-8(7)9/h2-5H,6,11H2,1H3. The molecule has 0 heterocycles. The average Bonchev–Trinajstić information content (AvgIpc) is 1.93. The van der Waals surface area contributed by atoms with Crippen LogP contribution in [-0.2, 0) is 6.54 Å². The number of rotatable bonds is 2. The summed E-state index contributed by atoms with van der Waals surface area (Å²) in [6.45, 7) is 0.865. The molecule has 1 aromatic rings. The fourth-order valence-corrected chi connectivity index (χ4v) is 1.29. The molecule has 0 aliphatic carbocycles. The molecule has 3 heteroatoms. The molecule has 60 valence electrons. The lowest BCUT2D eigenvalue weighted by atomic mass is 10.2. The fraction of sp³-hybridized carbons (Fsp3) is 0.250. The minimum Gasteiger partial charge on any atom is -0.286 e. The van der Waals surface area contributed by atoms with E-state index in [1.807, 2.05) is 36.0 Å². The number of hydrogen-bond donors (Lipinski definition) is 0. The van der Waals surface area contributed by atoms with E-state index < -0.39 is 0 Å². The molecule has 0 aromatic heterocycles. The summed E-state index contributed by atoms with van der Waals surface area (Å²) in [6, 6.07) is 7.87. The minimum atomic E-state index is 0.835. The van der Waals surface area contributed by atoms with Crippen LogP contribution in [0.1, 0.15) is 5.56 Å². The normalized spacial score (nSPS) is 10.5. The van der Waals surface area contributed by atoms with Gasteiger partial charge in [0.2, 0.25) is 0 Å². The summed E-state index contributed by atoms with van der Waals surface area (Å²) in [5.41, 5.74) is 1.16. The topological polar surface area (TPSA) is 3.24 Å². The molecule has 11 heavy (non-hydrogen) atoms. The highest BCUT2D eigenvalue weighted by molar-refractivity contribution is 7.13. The molecule has 1 nitrogen and oxygen atoms in total. The molecule has 1 unspecified atom stereocenters. The number of hydrogen-bond acceptors (Lipinski definition) is 1. The molecule has 0 amide bonds. The van der Waals surface area contributed by atoms with Crippen molar-refractivity contribution < 1.29 is 0 Å². The second kappa shape index (κ2) is 4.06. The predicted molar refractivity (Wildman–Crippen MR) is 52.6 cm³/mol. The van der Waals surface area contributed by atoms with Gasteiger partial charge >= 0.3 is 0 Å². The summed E-state index contributed by atoms with van der Waals surface area (Å²) >= 11 is 5.93. The molecule has 0 aliphatic rings. The predicted octanol–water partition coefficient (Wildman–Crippen LogP) is 2.56. The maximum atomic E-state index is 5.93. The van der Waals surface area contributed by atoms with Gasteiger partial charge in [0.25, 0.3) is 0 Å². The molecular formula is C8H11ClNP. The summed E-state index contributed by atoms with van der Waals surface area (Å²) in [7, 11) is 4.60. The molecular weight excluding hydrogens is 177 g/mol. The smallest absolute Gasteiger partial charge is 0.0451 e. The van der Waals surface area contributed by atoms with Crippen LogP contribution in [0.2, 0.25) is 5.02 Å². The Bertz CT molecular complexity index is 237. The van der Waals surface area contributed by atoms with Crippen LogP contribution < -0.4 is 0 Å². The van der Waals surface area contributed by atoms with E-state index in [0.29, 0.717) is 0 Å². The Kier molecular flexibility index (Phi) is 3.32. The van der Waals surface area contributed by atoms with Crippen molar-refractivity contribution in [1.82, 2.24) is 4.67 Å². The first-order valence-corrected chi connectivity index (χ1v) is 4.29. The lowest BCUT2D eigenvalue weighted by molar-refractivity contribution is 0.564. The molecule has 0 N–H and O–H groups in total. The molecule has 0 aliphatic heterocycles. The Morgan fingerprint density at radius 3 is 2.64 bits per heavy atom. The monoisotopic (exact) mass is 187 g/mol. The van der Waals surface area contributed by atoms with Gasteiger partial charge in [-0.05, 0) is 18.7 Å². The Balaban J connectivity index is 2.78. The zero-order valence-electron chi connectivity index (χ0n) is 6.42. The van der Waals surface area contributed by atoms with E-state index in [2.05, 4.69) is 9.39 Å². The summed E-state index contributed by atoms with van der Waals surface area (Å²) in [6.07, 6.45) is 0. The van der Waals surface area contributed by atoms with Gasteiger partial charge in [0.1, 0.15) is 0 Å². The summed E-state index contributed by atoms with van der Waals surface area (Å²) in [5.74, 6) is 0. The van der Waals surface area contributed by atoms with Crippen LogP contribution >= 0.6 is 21.0 Å². The van der Waals surface area contributed by atoms with E-state index >= 15 is 0 Å². The second-order valence-corrected chi connectivity index (χ2v) is 3.80. The van der Waals surface area contributed by atoms with Gasteiger partial charge < -0.3 is 0 Å². The van der Waals surface area contributed by atoms with Gasteiger partial charge in [-0.1, -0.05) is 39.2 Å². The van der Waals surface area contributed by atoms with E-state index in [-0.39, 0.29) is 0 Å². The minimum absolute atomic E-state index is 0.835. The fourth-order valence-electron chi connectivity index (χ4n) is 0.895. The molecule has 0 saturated heterocycles. The zero-order chi connectivity index (χ0) is 8.27. The third kappa shape index (κ3) is 2.78. The second-order valence-electron chi connectivity index (χ2n) is 2.51. The van der Waals surface area contributed by atoms with E-state index in [1.54, 1.807) is 0 Å². The van der Waals surface area contributed by atoms with Crippen LogP contribution in [0.25, 0.3) is 0 Å². The van der Waals surface area contributed by atoms with Crippen molar-refractivity contribution in [2.24, 2.45) is 0 Å². The highest BCUT2D eigenvalue weighted by Crippen LogP contribution is 2.17. The lowest BCUT2D eigenvalue weighted by Gasteiger charge is -2.09. The molecule has 1 atom stereocenters. The van der Waals surface area contributed by atoms with E-state index in [0.717, 1.165) is 17.1 Å². The maximum Gasteiger partial charge on any atom is 0.0451 e. The van der Waals surface area contributed by atoms with Crippen LogP contribution in [0.3, 0.4) is 0 Å². The first kappa shape index (κ1) is 8.99. The molecule has 1 aromatic carbocycles. The van der Waals surface area contributed by atoms with Gasteiger partial charge in [0.15, 0.2) is 0 Å². The molecule has 0 spiro atoms. The molecule has 0 radical (unpaired) electrons. The summed E-state index contributed by atoms with van der Waals surface area (Å²) in [4.78, 5) is 0. The lowest BCUT2D eigenvalue weighted by Crippen LogP contribution is -2.03. The van der Waals surface area contributed by atoms with Crippen molar-refractivity contribution in [3.8, 4) is 0 Å². The van der Waals surface area contributed by atoms with E-state index in [9.17, 15) is 0 Å². The molecule has 0 saturated carbocycles. The Morgan fingerprint density at radius 1 is 1.45 bits per heavy atom. The summed E-state index contributed by atoms with van der Waals surface area (Å²) in [5, 5.41) is 0.835. The first-order valence-electron chi connectivity index (χ1n) is 3.39. The quantitative estimate of drug-likeness (QED) is 0.644.